The summed E-state index contributed by atoms with van der Waals surface area (Å²) >= 11 is 5.51. The third-order valence-corrected chi connectivity index (χ3v) is 8.87. The molecule has 0 bridgehead atoms. The molecule has 7 nitrogen and oxygen atoms in total. The number of hydrogen-bond donors (Lipinski definition) is 2. The second-order valence-corrected chi connectivity index (χ2v) is 10.7. The number of nitrogens with zero attached hydrogens (tertiary/aromatic N) is 1. The molecule has 1 aliphatic heterocycles. The smallest absolute Gasteiger partial charge is 0.345 e. The van der Waals surface area contributed by atoms with E-state index in [2.05, 4.69) is 26.2 Å². The Morgan fingerprint density at radius 2 is 2.30 bits per heavy atom. The molecule has 0 amide bonds. The maximum absolute atomic E-state index is 13.0. The zero-order valence-corrected chi connectivity index (χ0v) is 18.3. The number of pyridine rings is 1. The fourth-order valence-corrected chi connectivity index (χ4v) is 7.08. The van der Waals surface area contributed by atoms with E-state index < -0.39 is 15.8 Å². The average molecular weight is 493 g/mol. The zero-order chi connectivity index (χ0) is 19.6. The lowest BCUT2D eigenvalue weighted by Gasteiger charge is -2.13. The summed E-state index contributed by atoms with van der Waals surface area (Å²) in [6, 6.07) is 2.67. The number of aromatic nitrogens is 1. The highest BCUT2D eigenvalue weighted by Gasteiger charge is 2.27. The molecule has 1 unspecified atom stereocenters. The van der Waals surface area contributed by atoms with E-state index >= 15 is 0 Å². The molecule has 146 valence electrons. The molecule has 2 aromatic heterocycles. The average Bonchev–Trinajstić information content (AvgIpc) is 3.30. The van der Waals surface area contributed by atoms with Crippen LogP contribution >= 0.6 is 39.0 Å². The highest BCUT2D eigenvalue weighted by molar-refractivity contribution is 9.10. The van der Waals surface area contributed by atoms with Gasteiger partial charge in [-0.25, -0.2) is 18.2 Å². The minimum Gasteiger partial charge on any atom is -0.477 e. The second kappa shape index (κ2) is 8.48. The lowest BCUT2D eigenvalue weighted by Crippen LogP contribution is -2.19. The molecular formula is C16H17BrN2O5S3. The zero-order valence-electron chi connectivity index (χ0n) is 14.3. The van der Waals surface area contributed by atoms with Crippen molar-refractivity contribution in [3.8, 4) is 0 Å². The van der Waals surface area contributed by atoms with E-state index in [4.69, 9.17) is 9.84 Å². The first kappa shape index (κ1) is 20.6. The molecule has 0 saturated carbocycles. The van der Waals surface area contributed by atoms with Gasteiger partial charge in [-0.3, -0.25) is 0 Å². The van der Waals surface area contributed by atoms with Gasteiger partial charge in [-0.05, 0) is 47.2 Å². The first-order valence-electron chi connectivity index (χ1n) is 8.00. The standard InChI is InChI=1S/C16H17BrN2O5S3/c1-25-16-13(6-12(26-16)15(20)21)27(22,23)10-5-11(17)14(19-8-10)18-7-9-3-2-4-24-9/h5-6,8-9H,2-4,7H2,1H3,(H,18,19)(H,20,21). The predicted molar refractivity (Wildman–Crippen MR) is 108 cm³/mol. The number of sulfone groups is 1. The third-order valence-electron chi connectivity index (χ3n) is 4.00. The summed E-state index contributed by atoms with van der Waals surface area (Å²) in [6.07, 6.45) is 5.14. The van der Waals surface area contributed by atoms with Gasteiger partial charge in [-0.2, -0.15) is 0 Å². The summed E-state index contributed by atoms with van der Waals surface area (Å²) in [5, 5.41) is 12.3. The summed E-state index contributed by atoms with van der Waals surface area (Å²) in [5.74, 6) is -0.615. The monoisotopic (exact) mass is 492 g/mol. The quantitative estimate of drug-likeness (QED) is 0.562. The van der Waals surface area contributed by atoms with E-state index in [0.717, 1.165) is 30.8 Å². The minimum atomic E-state index is -3.88. The largest absolute Gasteiger partial charge is 0.477 e. The van der Waals surface area contributed by atoms with Gasteiger partial charge in [-0.15, -0.1) is 23.1 Å². The normalized spacial score (nSPS) is 17.2. The molecule has 27 heavy (non-hydrogen) atoms. The van der Waals surface area contributed by atoms with E-state index in [1.54, 1.807) is 6.26 Å². The van der Waals surface area contributed by atoms with Crippen molar-refractivity contribution in [1.82, 2.24) is 4.98 Å². The molecule has 1 atom stereocenters. The Morgan fingerprint density at radius 1 is 1.52 bits per heavy atom. The van der Waals surface area contributed by atoms with Crippen molar-refractivity contribution in [2.45, 2.75) is 32.9 Å². The van der Waals surface area contributed by atoms with Crippen molar-refractivity contribution in [3.05, 3.63) is 27.7 Å². The van der Waals surface area contributed by atoms with E-state index in [9.17, 15) is 13.2 Å². The summed E-state index contributed by atoms with van der Waals surface area (Å²) in [7, 11) is -3.88. The van der Waals surface area contributed by atoms with Crippen molar-refractivity contribution < 1.29 is 23.1 Å². The van der Waals surface area contributed by atoms with Crippen LogP contribution in [0.5, 0.6) is 0 Å². The number of carboxylic acid groups (broad SMARTS) is 1. The molecule has 1 saturated heterocycles. The SMILES string of the molecule is CSc1sc(C(=O)O)cc1S(=O)(=O)c1cnc(NCC2CCCO2)c(Br)c1. The van der Waals surface area contributed by atoms with Crippen LogP contribution in [0.15, 0.2) is 36.8 Å². The number of carboxylic acids is 1. The van der Waals surface area contributed by atoms with Crippen LogP contribution in [-0.2, 0) is 14.6 Å². The van der Waals surface area contributed by atoms with Gasteiger partial charge < -0.3 is 15.2 Å². The lowest BCUT2D eigenvalue weighted by atomic mass is 10.2. The first-order chi connectivity index (χ1) is 12.8. The Hall–Kier alpha value is -1.14. The maximum Gasteiger partial charge on any atom is 0.345 e. The van der Waals surface area contributed by atoms with Crippen LogP contribution in [0.1, 0.15) is 22.5 Å². The Kier molecular flexibility index (Phi) is 6.46. The second-order valence-electron chi connectivity index (χ2n) is 5.79. The van der Waals surface area contributed by atoms with Crippen molar-refractivity contribution in [1.29, 1.82) is 0 Å². The molecule has 0 spiro atoms. The van der Waals surface area contributed by atoms with E-state index in [0.29, 0.717) is 21.0 Å². The number of aromatic carboxylic acids is 1. The van der Waals surface area contributed by atoms with E-state index in [-0.39, 0.29) is 20.8 Å². The molecule has 2 aromatic rings. The van der Waals surface area contributed by atoms with Gasteiger partial charge in [0.25, 0.3) is 0 Å². The van der Waals surface area contributed by atoms with Crippen LogP contribution in [0.2, 0.25) is 0 Å². The molecular weight excluding hydrogens is 476 g/mol. The van der Waals surface area contributed by atoms with Crippen LogP contribution < -0.4 is 5.32 Å². The topological polar surface area (TPSA) is 106 Å². The van der Waals surface area contributed by atoms with E-state index in [1.165, 1.54) is 30.1 Å². The Labute approximate surface area is 173 Å². The minimum absolute atomic E-state index is 0.00193. The number of thiophene rings is 1. The summed E-state index contributed by atoms with van der Waals surface area (Å²) in [6.45, 7) is 1.36. The number of halogens is 1. The highest BCUT2D eigenvalue weighted by Crippen LogP contribution is 2.37. The predicted octanol–water partition coefficient (Wildman–Crippen LogP) is 3.75. The first-order valence-corrected chi connectivity index (χ1v) is 12.3. The Bertz CT molecular complexity index is 955. The van der Waals surface area contributed by atoms with Gasteiger partial charge in [-0.1, -0.05) is 0 Å². The molecule has 3 rings (SSSR count). The number of anilines is 1. The molecule has 1 fully saturated rings. The number of thioether (sulfide) groups is 1. The van der Waals surface area contributed by atoms with Gasteiger partial charge in [0.1, 0.15) is 10.7 Å². The van der Waals surface area contributed by atoms with Crippen LogP contribution in [0.3, 0.4) is 0 Å². The molecule has 0 aromatic carbocycles. The summed E-state index contributed by atoms with van der Waals surface area (Å²) in [5.41, 5.74) is 0. The Balaban J connectivity index is 1.86. The van der Waals surface area contributed by atoms with Gasteiger partial charge >= 0.3 is 5.97 Å². The summed E-state index contributed by atoms with van der Waals surface area (Å²) < 4.78 is 32.5. The lowest BCUT2D eigenvalue weighted by molar-refractivity contribution is 0.0702. The number of rotatable bonds is 7. The van der Waals surface area contributed by atoms with Crippen molar-refractivity contribution in [2.24, 2.45) is 0 Å². The number of carbonyl (C=O) groups is 1. The van der Waals surface area contributed by atoms with Crippen molar-refractivity contribution in [3.63, 3.8) is 0 Å². The van der Waals surface area contributed by atoms with Crippen molar-refractivity contribution in [2.75, 3.05) is 24.7 Å². The van der Waals surface area contributed by atoms with Crippen LogP contribution in [0.4, 0.5) is 5.82 Å². The molecule has 1 aliphatic rings. The van der Waals surface area contributed by atoms with Crippen LogP contribution in [0.25, 0.3) is 0 Å². The van der Waals surface area contributed by atoms with Gasteiger partial charge in [0.05, 0.1) is 24.6 Å². The Morgan fingerprint density at radius 3 is 2.89 bits per heavy atom. The molecule has 3 heterocycles. The number of hydrogen-bond acceptors (Lipinski definition) is 8. The van der Waals surface area contributed by atoms with Crippen molar-refractivity contribution >= 4 is 60.7 Å². The number of ether oxygens (including phenoxy) is 1. The maximum atomic E-state index is 13.0. The van der Waals surface area contributed by atoms with E-state index in [1.807, 2.05) is 0 Å². The molecule has 0 radical (unpaired) electrons. The van der Waals surface area contributed by atoms with Crippen LogP contribution in [0, 0.1) is 0 Å². The number of nitrogens with one attached hydrogen (secondary N) is 1. The van der Waals surface area contributed by atoms with Gasteiger partial charge in [0.15, 0.2) is 0 Å². The fourth-order valence-electron chi connectivity index (χ4n) is 2.63. The van der Waals surface area contributed by atoms with Gasteiger partial charge in [0.2, 0.25) is 9.84 Å². The van der Waals surface area contributed by atoms with Crippen LogP contribution in [-0.4, -0.2) is 50.0 Å². The molecule has 11 heteroatoms. The molecule has 0 aliphatic carbocycles. The summed E-state index contributed by atoms with van der Waals surface area (Å²) in [4.78, 5) is 15.4. The van der Waals surface area contributed by atoms with Gasteiger partial charge in [0, 0.05) is 19.3 Å². The molecule has 2 N–H and O–H groups in total. The highest BCUT2D eigenvalue weighted by atomic mass is 79.9. The third kappa shape index (κ3) is 4.48. The fraction of sp³-hybridized carbons (Fsp3) is 0.375.